The Bertz CT molecular complexity index is 1370. The number of ether oxygens (including phenoxy) is 1. The molecule has 36 heavy (non-hydrogen) atoms. The van der Waals surface area contributed by atoms with Crippen LogP contribution >= 0.6 is 0 Å². The first kappa shape index (κ1) is 22.9. The third-order valence-corrected chi connectivity index (χ3v) is 8.67. The number of ketones is 1. The molecule has 1 saturated heterocycles. The lowest BCUT2D eigenvalue weighted by Gasteiger charge is -2.45. The molecule has 0 N–H and O–H groups in total. The quantitative estimate of drug-likeness (QED) is 0.469. The normalized spacial score (nSPS) is 26.0. The van der Waals surface area contributed by atoms with E-state index in [4.69, 9.17) is 9.84 Å². The van der Waals surface area contributed by atoms with Crippen LogP contribution in [0.15, 0.2) is 66.2 Å². The van der Waals surface area contributed by atoms with Crippen LogP contribution in [-0.4, -0.2) is 28.8 Å². The number of hydrogen-bond acceptors (Lipinski definition) is 4. The standard InChI is InChI=1S/C31H31N3O2/c1-20-27-13-12-26-28(23-14-16-36-17-15-23)33-34(30(26)31(27,2)18-24(19-32)29(20)35)25-10-8-22(9-11-25)21-6-4-3-5-7-21/h3-11,18,20,23,27H,12-17H2,1-2H3/t20-,27-,31-/m1/s1. The van der Waals surface area contributed by atoms with E-state index >= 15 is 0 Å². The fourth-order valence-corrected chi connectivity index (χ4v) is 6.78. The summed E-state index contributed by atoms with van der Waals surface area (Å²) in [5, 5.41) is 15.1. The van der Waals surface area contributed by atoms with E-state index in [2.05, 4.69) is 66.2 Å². The molecule has 2 aromatic carbocycles. The highest BCUT2D eigenvalue weighted by Gasteiger charge is 2.51. The molecule has 3 atom stereocenters. The smallest absolute Gasteiger partial charge is 0.176 e. The van der Waals surface area contributed by atoms with Gasteiger partial charge in [0.15, 0.2) is 5.78 Å². The van der Waals surface area contributed by atoms with E-state index in [1.54, 1.807) is 0 Å². The molecule has 0 amide bonds. The summed E-state index contributed by atoms with van der Waals surface area (Å²) in [5.41, 5.74) is 6.86. The van der Waals surface area contributed by atoms with Crippen LogP contribution < -0.4 is 0 Å². The fourth-order valence-electron chi connectivity index (χ4n) is 6.78. The average Bonchev–Trinajstić information content (AvgIpc) is 3.33. The summed E-state index contributed by atoms with van der Waals surface area (Å²) >= 11 is 0. The highest BCUT2D eigenvalue weighted by atomic mass is 16.5. The van der Waals surface area contributed by atoms with E-state index in [0.29, 0.717) is 5.92 Å². The van der Waals surface area contributed by atoms with Crippen LogP contribution in [0.3, 0.4) is 0 Å². The van der Waals surface area contributed by atoms with Crippen LogP contribution in [0.5, 0.6) is 0 Å². The molecular weight excluding hydrogens is 446 g/mol. The Kier molecular flexibility index (Phi) is 5.65. The Morgan fingerprint density at radius 2 is 1.72 bits per heavy atom. The zero-order valence-electron chi connectivity index (χ0n) is 20.9. The molecule has 2 heterocycles. The Morgan fingerprint density at radius 1 is 1.03 bits per heavy atom. The number of Topliss-reactive ketones (excluding diaryl/α,β-unsaturated/α-hetero) is 1. The molecule has 0 radical (unpaired) electrons. The van der Waals surface area contributed by atoms with Crippen molar-refractivity contribution in [1.82, 2.24) is 9.78 Å². The maximum Gasteiger partial charge on any atom is 0.176 e. The Balaban J connectivity index is 1.53. The molecule has 6 rings (SSSR count). The molecule has 0 spiro atoms. The third kappa shape index (κ3) is 3.55. The first-order valence-corrected chi connectivity index (χ1v) is 13.0. The van der Waals surface area contributed by atoms with Crippen LogP contribution in [0.1, 0.15) is 56.0 Å². The van der Waals surface area contributed by atoms with E-state index in [0.717, 1.165) is 55.8 Å². The van der Waals surface area contributed by atoms with Gasteiger partial charge in [-0.25, -0.2) is 4.68 Å². The van der Waals surface area contributed by atoms with Gasteiger partial charge in [0.2, 0.25) is 0 Å². The van der Waals surface area contributed by atoms with E-state index in [9.17, 15) is 10.1 Å². The van der Waals surface area contributed by atoms with Crippen molar-refractivity contribution in [2.45, 2.75) is 50.9 Å². The van der Waals surface area contributed by atoms with Crippen molar-refractivity contribution in [1.29, 1.82) is 5.26 Å². The first-order chi connectivity index (χ1) is 17.5. The van der Waals surface area contributed by atoms with Crippen LogP contribution in [0.2, 0.25) is 0 Å². The predicted octanol–water partition coefficient (Wildman–Crippen LogP) is 5.92. The molecule has 1 fully saturated rings. The molecule has 182 valence electrons. The zero-order chi connectivity index (χ0) is 24.9. The Labute approximate surface area is 212 Å². The molecule has 0 bridgehead atoms. The minimum atomic E-state index is -0.430. The highest BCUT2D eigenvalue weighted by molar-refractivity contribution is 6.02. The van der Waals surface area contributed by atoms with Gasteiger partial charge in [-0.1, -0.05) is 62.4 Å². The van der Waals surface area contributed by atoms with Crippen molar-refractivity contribution in [3.05, 3.63) is 83.2 Å². The van der Waals surface area contributed by atoms with Crippen molar-refractivity contribution in [2.24, 2.45) is 11.8 Å². The maximum absolute atomic E-state index is 12.9. The van der Waals surface area contributed by atoms with Crippen LogP contribution in [0.25, 0.3) is 16.8 Å². The number of fused-ring (bicyclic) bond motifs is 3. The number of hydrogen-bond donors (Lipinski definition) is 0. The fraction of sp³-hybridized carbons (Fsp3) is 0.387. The highest BCUT2D eigenvalue weighted by Crippen LogP contribution is 2.52. The number of nitriles is 1. The van der Waals surface area contributed by atoms with Gasteiger partial charge in [-0.3, -0.25) is 4.79 Å². The number of benzene rings is 2. The monoisotopic (exact) mass is 477 g/mol. The topological polar surface area (TPSA) is 67.9 Å². The lowest BCUT2D eigenvalue weighted by Crippen LogP contribution is -2.46. The van der Waals surface area contributed by atoms with Crippen molar-refractivity contribution < 1.29 is 9.53 Å². The average molecular weight is 478 g/mol. The minimum absolute atomic E-state index is 0.0219. The van der Waals surface area contributed by atoms with E-state index < -0.39 is 5.41 Å². The van der Waals surface area contributed by atoms with Gasteiger partial charge in [0, 0.05) is 30.5 Å². The summed E-state index contributed by atoms with van der Waals surface area (Å²) in [6.45, 7) is 5.74. The van der Waals surface area contributed by atoms with E-state index in [1.165, 1.54) is 16.8 Å². The number of aromatic nitrogens is 2. The number of rotatable bonds is 3. The van der Waals surface area contributed by atoms with Crippen LogP contribution in [0, 0.1) is 23.2 Å². The van der Waals surface area contributed by atoms with Crippen LogP contribution in [0.4, 0.5) is 0 Å². The molecule has 5 nitrogen and oxygen atoms in total. The van der Waals surface area contributed by atoms with Gasteiger partial charge in [0.1, 0.15) is 6.07 Å². The van der Waals surface area contributed by atoms with Gasteiger partial charge in [0.05, 0.1) is 22.6 Å². The lowest BCUT2D eigenvalue weighted by atomic mass is 9.57. The predicted molar refractivity (Wildman–Crippen MR) is 139 cm³/mol. The molecule has 2 aliphatic carbocycles. The third-order valence-electron chi connectivity index (χ3n) is 8.67. The lowest BCUT2D eigenvalue weighted by molar-refractivity contribution is -0.121. The second-order valence-electron chi connectivity index (χ2n) is 10.7. The molecule has 1 aromatic heterocycles. The summed E-state index contributed by atoms with van der Waals surface area (Å²) in [5.74, 6) is 0.320. The molecule has 0 unspecified atom stereocenters. The minimum Gasteiger partial charge on any atom is -0.381 e. The molecule has 0 saturated carbocycles. The Hall–Kier alpha value is -3.49. The number of carbonyl (C=O) groups is 1. The van der Waals surface area contributed by atoms with Gasteiger partial charge in [0.25, 0.3) is 0 Å². The zero-order valence-corrected chi connectivity index (χ0v) is 20.9. The maximum atomic E-state index is 12.9. The van der Waals surface area contributed by atoms with Gasteiger partial charge < -0.3 is 4.74 Å². The van der Waals surface area contributed by atoms with Crippen molar-refractivity contribution in [2.75, 3.05) is 13.2 Å². The number of nitrogens with zero attached hydrogens (tertiary/aromatic N) is 3. The van der Waals surface area contributed by atoms with Gasteiger partial charge in [-0.2, -0.15) is 10.4 Å². The second kappa shape index (κ2) is 8.87. The summed E-state index contributed by atoms with van der Waals surface area (Å²) in [6, 6.07) is 21.2. The van der Waals surface area contributed by atoms with E-state index in [1.807, 2.05) is 19.1 Å². The summed E-state index contributed by atoms with van der Waals surface area (Å²) in [4.78, 5) is 12.9. The van der Waals surface area contributed by atoms with Gasteiger partial charge >= 0.3 is 0 Å². The molecule has 3 aromatic rings. The largest absolute Gasteiger partial charge is 0.381 e. The van der Waals surface area contributed by atoms with Crippen molar-refractivity contribution in [3.63, 3.8) is 0 Å². The first-order valence-electron chi connectivity index (χ1n) is 13.0. The summed E-state index contributed by atoms with van der Waals surface area (Å²) < 4.78 is 7.77. The second-order valence-corrected chi connectivity index (χ2v) is 10.7. The SMILES string of the molecule is C[C@H]1C(=O)C(C#N)=C[C@@]2(C)c3c(c(C4CCOCC4)nn3-c3ccc(-c4ccccc4)cc3)CC[C@H]12. The van der Waals surface area contributed by atoms with Crippen molar-refractivity contribution >= 4 is 5.78 Å². The molecule has 1 aliphatic heterocycles. The van der Waals surface area contributed by atoms with Crippen LogP contribution in [-0.2, 0) is 21.4 Å². The van der Waals surface area contributed by atoms with E-state index in [-0.39, 0.29) is 23.2 Å². The van der Waals surface area contributed by atoms with Gasteiger partial charge in [-0.05, 0) is 60.4 Å². The Morgan fingerprint density at radius 3 is 2.42 bits per heavy atom. The number of carbonyl (C=O) groups excluding carboxylic acids is 1. The molecule has 3 aliphatic rings. The summed E-state index contributed by atoms with van der Waals surface area (Å²) in [6.07, 6.45) is 5.75. The molecule has 5 heteroatoms. The summed E-state index contributed by atoms with van der Waals surface area (Å²) in [7, 11) is 0. The molecular formula is C31H31N3O2. The number of allylic oxidation sites excluding steroid dienone is 2. The van der Waals surface area contributed by atoms with Crippen molar-refractivity contribution in [3.8, 4) is 22.9 Å². The van der Waals surface area contributed by atoms with Gasteiger partial charge in [-0.15, -0.1) is 0 Å².